The molecule has 9 heteroatoms. The van der Waals surface area contributed by atoms with Crippen LogP contribution in [0.1, 0.15) is 12.8 Å². The van der Waals surface area contributed by atoms with Crippen LogP contribution in [0, 0.1) is 0 Å². The van der Waals surface area contributed by atoms with Crippen LogP contribution in [0.25, 0.3) is 11.2 Å². The Balaban J connectivity index is 0.000000595. The lowest BCUT2D eigenvalue weighted by Gasteiger charge is -2.32. The first-order chi connectivity index (χ1) is 11.2. The molecule has 1 unspecified atom stereocenters. The van der Waals surface area contributed by atoms with Crippen LogP contribution in [0.15, 0.2) is 18.5 Å². The molecule has 3 heterocycles. The molecule has 3 rings (SSSR count). The van der Waals surface area contributed by atoms with Gasteiger partial charge in [-0.2, -0.15) is 0 Å². The normalized spacial score (nSPS) is 17.1. The van der Waals surface area contributed by atoms with Crippen LogP contribution in [0.5, 0.6) is 0 Å². The van der Waals surface area contributed by atoms with Gasteiger partial charge in [0.2, 0.25) is 6.41 Å². The van der Waals surface area contributed by atoms with E-state index >= 15 is 0 Å². The zero-order valence-corrected chi connectivity index (χ0v) is 12.9. The van der Waals surface area contributed by atoms with E-state index in [1.165, 1.54) is 7.11 Å². The van der Waals surface area contributed by atoms with Gasteiger partial charge < -0.3 is 25.7 Å². The Hall–Kier alpha value is -2.84. The molecule has 2 amide bonds. The number of primary amides is 1. The molecule has 9 nitrogen and oxygen atoms in total. The Morgan fingerprint density at radius 2 is 2.39 bits per heavy atom. The summed E-state index contributed by atoms with van der Waals surface area (Å²) in [6.07, 6.45) is 5.44. The number of hydrogen-bond acceptors (Lipinski definition) is 6. The average molecular weight is 320 g/mol. The Bertz CT molecular complexity index is 659. The van der Waals surface area contributed by atoms with Gasteiger partial charge in [-0.25, -0.2) is 14.8 Å². The highest BCUT2D eigenvalue weighted by Gasteiger charge is 2.24. The Labute approximate surface area is 133 Å². The first kappa shape index (κ1) is 16.5. The van der Waals surface area contributed by atoms with Gasteiger partial charge in [0.25, 0.3) is 0 Å². The van der Waals surface area contributed by atoms with Crippen molar-refractivity contribution >= 4 is 29.5 Å². The second-order valence-electron chi connectivity index (χ2n) is 5.00. The fraction of sp³-hybridized carbons (Fsp3) is 0.429. The number of nitrogens with zero attached hydrogens (tertiary/aromatic N) is 3. The summed E-state index contributed by atoms with van der Waals surface area (Å²) in [4.78, 5) is 33.6. The number of methoxy groups -OCH3 is 1. The van der Waals surface area contributed by atoms with Gasteiger partial charge in [0.1, 0.15) is 11.3 Å². The van der Waals surface area contributed by atoms with Crippen molar-refractivity contribution in [2.75, 3.05) is 25.5 Å². The SMILES string of the molecule is COC(=O)N1CCCC(Nc2cnc3[nH]ccc3n2)C1.NC=O. The number of anilines is 1. The molecule has 2 aromatic rings. The van der Waals surface area contributed by atoms with Crippen molar-refractivity contribution in [3.05, 3.63) is 18.5 Å². The molecule has 2 aromatic heterocycles. The molecular weight excluding hydrogens is 300 g/mol. The van der Waals surface area contributed by atoms with Gasteiger partial charge in [-0.3, -0.25) is 4.79 Å². The number of carbonyl (C=O) groups is 2. The lowest BCUT2D eigenvalue weighted by molar-refractivity contribution is -0.106. The fourth-order valence-corrected chi connectivity index (χ4v) is 2.50. The number of aromatic nitrogens is 3. The summed E-state index contributed by atoms with van der Waals surface area (Å²) in [6.45, 7) is 1.37. The largest absolute Gasteiger partial charge is 0.453 e. The van der Waals surface area contributed by atoms with Gasteiger partial charge in [0.15, 0.2) is 5.65 Å². The molecule has 1 aliphatic rings. The molecule has 1 atom stereocenters. The van der Waals surface area contributed by atoms with E-state index in [1.807, 2.05) is 12.3 Å². The molecule has 0 radical (unpaired) electrons. The van der Waals surface area contributed by atoms with Crippen molar-refractivity contribution in [3.8, 4) is 0 Å². The number of nitrogens with two attached hydrogens (primary N) is 1. The summed E-state index contributed by atoms with van der Waals surface area (Å²) in [5.74, 6) is 0.730. The number of likely N-dealkylation sites (tertiary alicyclic amines) is 1. The van der Waals surface area contributed by atoms with Crippen molar-refractivity contribution in [3.63, 3.8) is 0 Å². The highest BCUT2D eigenvalue weighted by atomic mass is 16.5. The summed E-state index contributed by atoms with van der Waals surface area (Å²) in [5, 5.41) is 3.33. The van der Waals surface area contributed by atoms with Crippen molar-refractivity contribution < 1.29 is 14.3 Å². The summed E-state index contributed by atoms with van der Waals surface area (Å²) in [6, 6.07) is 2.06. The molecule has 0 bridgehead atoms. The second kappa shape index (κ2) is 7.97. The number of fused-ring (bicyclic) bond motifs is 1. The second-order valence-corrected chi connectivity index (χ2v) is 5.00. The number of carbonyl (C=O) groups excluding carboxylic acids is 2. The number of rotatable bonds is 2. The zero-order chi connectivity index (χ0) is 16.7. The Kier molecular flexibility index (Phi) is 5.73. The number of H-pyrrole nitrogens is 1. The number of piperidine rings is 1. The van der Waals surface area contributed by atoms with Crippen molar-refractivity contribution in [2.24, 2.45) is 5.73 Å². The van der Waals surface area contributed by atoms with Crippen LogP contribution in [0.3, 0.4) is 0 Å². The van der Waals surface area contributed by atoms with E-state index < -0.39 is 0 Å². The highest BCUT2D eigenvalue weighted by molar-refractivity contribution is 5.72. The maximum Gasteiger partial charge on any atom is 0.409 e. The number of hydrogen-bond donors (Lipinski definition) is 3. The monoisotopic (exact) mass is 320 g/mol. The molecule has 23 heavy (non-hydrogen) atoms. The van der Waals surface area contributed by atoms with Gasteiger partial charge >= 0.3 is 6.09 Å². The van der Waals surface area contributed by atoms with E-state index in [4.69, 9.17) is 9.53 Å². The van der Waals surface area contributed by atoms with E-state index in [-0.39, 0.29) is 18.5 Å². The van der Waals surface area contributed by atoms with Gasteiger partial charge in [0, 0.05) is 25.3 Å². The number of nitrogens with one attached hydrogen (secondary N) is 2. The van der Waals surface area contributed by atoms with E-state index in [2.05, 4.69) is 26.0 Å². The molecular formula is C14H20N6O3. The number of amides is 2. The molecule has 0 spiro atoms. The topological polar surface area (TPSA) is 126 Å². The molecule has 4 N–H and O–H groups in total. The summed E-state index contributed by atoms with van der Waals surface area (Å²) >= 11 is 0. The van der Waals surface area contributed by atoms with Gasteiger partial charge in [0.05, 0.1) is 13.3 Å². The van der Waals surface area contributed by atoms with E-state index in [0.717, 1.165) is 36.4 Å². The van der Waals surface area contributed by atoms with Crippen molar-refractivity contribution in [2.45, 2.75) is 18.9 Å². The number of ether oxygens (including phenoxy) is 1. The minimum atomic E-state index is -0.274. The predicted molar refractivity (Wildman–Crippen MR) is 84.8 cm³/mol. The van der Waals surface area contributed by atoms with Crippen LogP contribution in [-0.4, -0.2) is 58.6 Å². The zero-order valence-electron chi connectivity index (χ0n) is 12.9. The van der Waals surface area contributed by atoms with Gasteiger partial charge in [-0.15, -0.1) is 0 Å². The van der Waals surface area contributed by atoms with Gasteiger partial charge in [-0.1, -0.05) is 0 Å². The van der Waals surface area contributed by atoms with E-state index in [9.17, 15) is 4.79 Å². The minimum absolute atomic E-state index is 0.175. The standard InChI is InChI=1S/C13H17N5O2.CH3NO/c1-20-13(19)18-6-2-3-9(8-18)16-11-7-15-12-10(17-11)4-5-14-12;2-1-3/h4-5,7,9H,2-3,6,8H2,1H3,(H,14,15)(H,16,17);1H,(H2,2,3). The first-order valence-electron chi connectivity index (χ1n) is 7.23. The number of aromatic amines is 1. The van der Waals surface area contributed by atoms with Crippen LogP contribution in [-0.2, 0) is 9.53 Å². The summed E-state index contributed by atoms with van der Waals surface area (Å²) in [5.41, 5.74) is 5.77. The molecule has 0 aromatic carbocycles. The Morgan fingerprint density at radius 3 is 3.13 bits per heavy atom. The van der Waals surface area contributed by atoms with Crippen LogP contribution in [0.4, 0.5) is 10.6 Å². The Morgan fingerprint density at radius 1 is 1.61 bits per heavy atom. The lowest BCUT2D eigenvalue weighted by atomic mass is 10.1. The first-order valence-corrected chi connectivity index (χ1v) is 7.23. The lowest BCUT2D eigenvalue weighted by Crippen LogP contribution is -2.45. The van der Waals surface area contributed by atoms with Crippen molar-refractivity contribution in [1.82, 2.24) is 19.9 Å². The van der Waals surface area contributed by atoms with Crippen molar-refractivity contribution in [1.29, 1.82) is 0 Å². The summed E-state index contributed by atoms with van der Waals surface area (Å²) < 4.78 is 4.76. The molecule has 1 saturated heterocycles. The average Bonchev–Trinajstić information content (AvgIpc) is 3.03. The molecule has 0 saturated carbocycles. The third-order valence-electron chi connectivity index (χ3n) is 3.47. The minimum Gasteiger partial charge on any atom is -0.453 e. The maximum atomic E-state index is 11.5. The van der Waals surface area contributed by atoms with Crippen LogP contribution >= 0.6 is 0 Å². The molecule has 1 aliphatic heterocycles. The smallest absolute Gasteiger partial charge is 0.409 e. The van der Waals surface area contributed by atoms with Gasteiger partial charge in [-0.05, 0) is 18.9 Å². The maximum absolute atomic E-state index is 11.5. The molecule has 0 aliphatic carbocycles. The van der Waals surface area contributed by atoms with E-state index in [1.54, 1.807) is 11.1 Å². The third kappa shape index (κ3) is 4.31. The van der Waals surface area contributed by atoms with E-state index in [0.29, 0.717) is 6.54 Å². The highest BCUT2D eigenvalue weighted by Crippen LogP contribution is 2.16. The quantitative estimate of drug-likeness (QED) is 0.699. The third-order valence-corrected chi connectivity index (χ3v) is 3.47. The summed E-state index contributed by atoms with van der Waals surface area (Å²) in [7, 11) is 1.41. The molecule has 124 valence electrons. The fourth-order valence-electron chi connectivity index (χ4n) is 2.50. The predicted octanol–water partition coefficient (Wildman–Crippen LogP) is 0.702. The molecule has 1 fully saturated rings. The van der Waals surface area contributed by atoms with Crippen LogP contribution in [0.2, 0.25) is 0 Å². The van der Waals surface area contributed by atoms with Crippen LogP contribution < -0.4 is 11.1 Å².